The van der Waals surface area contributed by atoms with Crippen molar-refractivity contribution in [2.24, 2.45) is 0 Å². The number of furan rings is 1. The molecule has 0 saturated heterocycles. The Hall–Kier alpha value is -3.61. The van der Waals surface area contributed by atoms with E-state index in [0.717, 1.165) is 33.6 Å². The Morgan fingerprint density at radius 2 is 1.71 bits per heavy atom. The van der Waals surface area contributed by atoms with Gasteiger partial charge in [-0.15, -0.1) is 0 Å². The molecular formula is C25H23NO5. The molecule has 0 radical (unpaired) electrons. The second-order valence-corrected chi connectivity index (χ2v) is 7.26. The van der Waals surface area contributed by atoms with Gasteiger partial charge in [0.15, 0.2) is 0 Å². The highest BCUT2D eigenvalue weighted by Gasteiger charge is 2.09. The van der Waals surface area contributed by atoms with E-state index in [1.807, 2.05) is 54.6 Å². The first-order chi connectivity index (χ1) is 15.1. The Morgan fingerprint density at radius 3 is 2.45 bits per heavy atom. The molecule has 6 heteroatoms. The van der Waals surface area contributed by atoms with Crippen molar-refractivity contribution in [3.05, 3.63) is 90.2 Å². The fourth-order valence-corrected chi connectivity index (χ4v) is 3.30. The van der Waals surface area contributed by atoms with Crippen LogP contribution in [0.1, 0.15) is 16.1 Å². The van der Waals surface area contributed by atoms with E-state index in [0.29, 0.717) is 13.1 Å². The topological polar surface area (TPSA) is 91.9 Å². The van der Waals surface area contributed by atoms with Crippen molar-refractivity contribution in [2.45, 2.75) is 12.6 Å². The number of ether oxygens (including phenoxy) is 1. The summed E-state index contributed by atoms with van der Waals surface area (Å²) in [5.74, 6) is 0.558. The number of rotatable bonds is 9. The van der Waals surface area contributed by atoms with Crippen molar-refractivity contribution in [1.29, 1.82) is 0 Å². The zero-order valence-corrected chi connectivity index (χ0v) is 16.8. The Morgan fingerprint density at radius 1 is 0.968 bits per heavy atom. The normalized spacial score (nSPS) is 12.0. The number of benzene rings is 3. The number of hydrogen-bond donors (Lipinski definition) is 3. The second-order valence-electron chi connectivity index (χ2n) is 7.26. The van der Waals surface area contributed by atoms with Crippen molar-refractivity contribution in [3.8, 4) is 16.9 Å². The summed E-state index contributed by atoms with van der Waals surface area (Å²) in [6.45, 7) is 1.08. The van der Waals surface area contributed by atoms with Crippen LogP contribution in [0.4, 0.5) is 0 Å². The van der Waals surface area contributed by atoms with Gasteiger partial charge in [-0.05, 0) is 53.6 Å². The van der Waals surface area contributed by atoms with Gasteiger partial charge in [0.2, 0.25) is 0 Å². The number of carboxylic acids is 1. The minimum atomic E-state index is -0.939. The van der Waals surface area contributed by atoms with Gasteiger partial charge in [-0.25, -0.2) is 4.79 Å². The molecule has 0 fully saturated rings. The first-order valence-corrected chi connectivity index (χ1v) is 10.0. The third-order valence-corrected chi connectivity index (χ3v) is 4.90. The van der Waals surface area contributed by atoms with E-state index in [1.54, 1.807) is 24.3 Å². The molecule has 0 amide bonds. The summed E-state index contributed by atoms with van der Waals surface area (Å²) in [4.78, 5) is 11.0. The maximum atomic E-state index is 11.0. The lowest BCUT2D eigenvalue weighted by atomic mass is 10.0. The highest BCUT2D eigenvalue weighted by molar-refractivity contribution is 5.89. The fraction of sp³-hybridized carbons (Fsp3) is 0.160. The minimum absolute atomic E-state index is 0.209. The van der Waals surface area contributed by atoms with Crippen LogP contribution in [-0.2, 0) is 6.54 Å². The first-order valence-electron chi connectivity index (χ1n) is 10.0. The number of fused-ring (bicyclic) bond motifs is 1. The Bertz CT molecular complexity index is 1150. The molecule has 1 heterocycles. The molecule has 3 aromatic carbocycles. The standard InChI is InChI=1S/C25H23NO5/c27-21(16-30-22-4-2-1-3-5-22)14-26-15-23-13-20-12-19(10-11-24(20)31-23)17-6-8-18(9-7-17)25(28)29/h1-13,21,26-27H,14-16H2,(H,28,29). The van der Waals surface area contributed by atoms with Crippen molar-refractivity contribution >= 4 is 16.9 Å². The van der Waals surface area contributed by atoms with Crippen LogP contribution < -0.4 is 10.1 Å². The molecule has 0 aliphatic carbocycles. The zero-order chi connectivity index (χ0) is 21.6. The van der Waals surface area contributed by atoms with Gasteiger partial charge in [-0.1, -0.05) is 36.4 Å². The lowest BCUT2D eigenvalue weighted by Crippen LogP contribution is -2.31. The van der Waals surface area contributed by atoms with Gasteiger partial charge in [0.25, 0.3) is 0 Å². The van der Waals surface area contributed by atoms with E-state index in [1.165, 1.54) is 0 Å². The summed E-state index contributed by atoms with van der Waals surface area (Å²) in [6, 6.07) is 24.0. The summed E-state index contributed by atoms with van der Waals surface area (Å²) in [5.41, 5.74) is 2.96. The Balaban J connectivity index is 1.33. The Labute approximate surface area is 179 Å². The number of carboxylic acid groups (broad SMARTS) is 1. The minimum Gasteiger partial charge on any atom is -0.491 e. The van der Waals surface area contributed by atoms with E-state index in [9.17, 15) is 9.90 Å². The molecule has 6 nitrogen and oxygen atoms in total. The quantitative estimate of drug-likeness (QED) is 0.376. The van der Waals surface area contributed by atoms with Gasteiger partial charge in [-0.2, -0.15) is 0 Å². The van der Waals surface area contributed by atoms with Crippen LogP contribution >= 0.6 is 0 Å². The number of nitrogens with one attached hydrogen (secondary N) is 1. The molecule has 0 spiro atoms. The number of aromatic carboxylic acids is 1. The highest BCUT2D eigenvalue weighted by atomic mass is 16.5. The fourth-order valence-electron chi connectivity index (χ4n) is 3.30. The van der Waals surface area contributed by atoms with Gasteiger partial charge in [0.1, 0.15) is 29.8 Å². The monoisotopic (exact) mass is 417 g/mol. The van der Waals surface area contributed by atoms with E-state index < -0.39 is 12.1 Å². The van der Waals surface area contributed by atoms with Crippen molar-refractivity contribution in [2.75, 3.05) is 13.2 Å². The molecule has 0 aliphatic rings. The van der Waals surface area contributed by atoms with E-state index in [2.05, 4.69) is 5.32 Å². The van der Waals surface area contributed by atoms with Crippen molar-refractivity contribution in [1.82, 2.24) is 5.32 Å². The van der Waals surface area contributed by atoms with Gasteiger partial charge in [0, 0.05) is 11.9 Å². The molecule has 3 N–H and O–H groups in total. The van der Waals surface area contributed by atoms with Crippen molar-refractivity contribution in [3.63, 3.8) is 0 Å². The van der Waals surface area contributed by atoms with Gasteiger partial charge in [0.05, 0.1) is 12.1 Å². The molecule has 0 aliphatic heterocycles. The van der Waals surface area contributed by atoms with Gasteiger partial charge < -0.3 is 24.7 Å². The predicted octanol–water partition coefficient (Wildman–Crippen LogP) is 4.33. The maximum Gasteiger partial charge on any atom is 0.335 e. The Kier molecular flexibility index (Phi) is 6.31. The molecular weight excluding hydrogens is 394 g/mol. The van der Waals surface area contributed by atoms with Gasteiger partial charge >= 0.3 is 5.97 Å². The molecule has 1 aromatic heterocycles. The van der Waals surface area contributed by atoms with E-state index >= 15 is 0 Å². The van der Waals surface area contributed by atoms with Crippen molar-refractivity contribution < 1.29 is 24.2 Å². The highest BCUT2D eigenvalue weighted by Crippen LogP contribution is 2.27. The van der Waals surface area contributed by atoms with Crippen LogP contribution in [0, 0.1) is 0 Å². The van der Waals surface area contributed by atoms with Crippen LogP contribution in [-0.4, -0.2) is 35.4 Å². The van der Waals surface area contributed by atoms with E-state index in [4.69, 9.17) is 14.3 Å². The summed E-state index contributed by atoms with van der Waals surface area (Å²) in [7, 11) is 0. The number of aliphatic hydroxyl groups is 1. The molecule has 1 atom stereocenters. The third-order valence-electron chi connectivity index (χ3n) is 4.90. The number of aliphatic hydroxyl groups excluding tert-OH is 1. The molecule has 31 heavy (non-hydrogen) atoms. The number of carbonyl (C=O) groups is 1. The molecule has 1 unspecified atom stereocenters. The average Bonchev–Trinajstić information content (AvgIpc) is 3.20. The van der Waals surface area contributed by atoms with Crippen LogP contribution in [0.25, 0.3) is 22.1 Å². The first kappa shape index (κ1) is 20.7. The van der Waals surface area contributed by atoms with Crippen LogP contribution in [0.5, 0.6) is 5.75 Å². The maximum absolute atomic E-state index is 11.0. The largest absolute Gasteiger partial charge is 0.491 e. The predicted molar refractivity (Wildman–Crippen MR) is 118 cm³/mol. The molecule has 4 aromatic rings. The second kappa shape index (κ2) is 9.47. The smallest absolute Gasteiger partial charge is 0.335 e. The van der Waals surface area contributed by atoms with Crippen LogP contribution in [0.15, 0.2) is 83.3 Å². The average molecular weight is 417 g/mol. The molecule has 0 bridgehead atoms. The van der Waals surface area contributed by atoms with Gasteiger partial charge in [-0.3, -0.25) is 0 Å². The number of para-hydroxylation sites is 1. The summed E-state index contributed by atoms with van der Waals surface area (Å²) < 4.78 is 11.4. The summed E-state index contributed by atoms with van der Waals surface area (Å²) in [6.07, 6.45) is -0.634. The summed E-state index contributed by atoms with van der Waals surface area (Å²) in [5, 5.41) is 23.3. The zero-order valence-electron chi connectivity index (χ0n) is 16.8. The molecule has 158 valence electrons. The van der Waals surface area contributed by atoms with E-state index in [-0.39, 0.29) is 12.2 Å². The number of hydrogen-bond acceptors (Lipinski definition) is 5. The lowest BCUT2D eigenvalue weighted by molar-refractivity contribution is 0.0697. The molecule has 0 saturated carbocycles. The summed E-state index contributed by atoms with van der Waals surface area (Å²) >= 11 is 0. The lowest BCUT2D eigenvalue weighted by Gasteiger charge is -2.12. The molecule has 4 rings (SSSR count). The third kappa shape index (κ3) is 5.31. The van der Waals surface area contributed by atoms with Crippen LogP contribution in [0.3, 0.4) is 0 Å². The SMILES string of the molecule is O=C(O)c1ccc(-c2ccc3oc(CNCC(O)COc4ccccc4)cc3c2)cc1. The van der Waals surface area contributed by atoms with Crippen LogP contribution in [0.2, 0.25) is 0 Å².